The molecular formula is C12H12N2O5S. The lowest BCUT2D eigenvalue weighted by Crippen LogP contribution is -1.96. The molecule has 1 heterocycles. The van der Waals surface area contributed by atoms with E-state index in [1.807, 2.05) is 6.92 Å². The molecule has 20 heavy (non-hydrogen) atoms. The third-order valence-electron chi connectivity index (χ3n) is 2.18. The van der Waals surface area contributed by atoms with Crippen LogP contribution >= 0.6 is 0 Å². The highest BCUT2D eigenvalue weighted by molar-refractivity contribution is 7.85. The van der Waals surface area contributed by atoms with Crippen LogP contribution in [-0.4, -0.2) is 22.9 Å². The number of hydrogen-bond acceptors (Lipinski definition) is 5. The van der Waals surface area contributed by atoms with Gasteiger partial charge >= 0.3 is 0 Å². The number of rotatable bonds is 2. The third-order valence-corrected chi connectivity index (χ3v) is 3.04. The zero-order valence-corrected chi connectivity index (χ0v) is 11.3. The molecule has 0 saturated carbocycles. The van der Waals surface area contributed by atoms with Gasteiger partial charge in [-0.3, -0.25) is 19.7 Å². The molecule has 7 nitrogen and oxygen atoms in total. The van der Waals surface area contributed by atoms with Gasteiger partial charge in [0.25, 0.3) is 15.8 Å². The molecule has 0 aliphatic rings. The Hall–Kier alpha value is -2.32. The maximum absolute atomic E-state index is 10.5. The van der Waals surface area contributed by atoms with Gasteiger partial charge in [0.05, 0.1) is 9.82 Å². The van der Waals surface area contributed by atoms with Crippen LogP contribution in [0.3, 0.4) is 0 Å². The van der Waals surface area contributed by atoms with Crippen LogP contribution in [-0.2, 0) is 10.1 Å². The highest BCUT2D eigenvalue weighted by Crippen LogP contribution is 2.08. The van der Waals surface area contributed by atoms with Crippen molar-refractivity contribution < 1.29 is 17.9 Å². The molecule has 1 aromatic carbocycles. The summed E-state index contributed by atoms with van der Waals surface area (Å²) in [5.41, 5.74) is 0.981. The summed E-state index contributed by atoms with van der Waals surface area (Å²) in [5.74, 6) is 0. The van der Waals surface area contributed by atoms with Crippen LogP contribution in [0.5, 0.6) is 0 Å². The molecule has 106 valence electrons. The molecule has 0 spiro atoms. The first-order valence-electron chi connectivity index (χ1n) is 5.39. The van der Waals surface area contributed by atoms with Gasteiger partial charge in [-0.2, -0.15) is 8.42 Å². The molecule has 0 unspecified atom stereocenters. The van der Waals surface area contributed by atoms with Gasteiger partial charge in [-0.1, -0.05) is 17.7 Å². The minimum atomic E-state index is -4.02. The fourth-order valence-electron chi connectivity index (χ4n) is 1.17. The predicted octanol–water partition coefficient (Wildman–Crippen LogP) is 2.23. The van der Waals surface area contributed by atoms with Crippen molar-refractivity contribution in [2.24, 2.45) is 0 Å². The van der Waals surface area contributed by atoms with Gasteiger partial charge in [-0.15, -0.1) is 0 Å². The van der Waals surface area contributed by atoms with E-state index in [-0.39, 0.29) is 10.6 Å². The molecule has 0 bridgehead atoms. The molecule has 0 aliphatic heterocycles. The summed E-state index contributed by atoms with van der Waals surface area (Å²) in [6, 6.07) is 8.91. The molecule has 0 saturated heterocycles. The van der Waals surface area contributed by atoms with Crippen LogP contribution in [0, 0.1) is 17.0 Å². The molecule has 2 rings (SSSR count). The van der Waals surface area contributed by atoms with Crippen molar-refractivity contribution >= 4 is 15.8 Å². The van der Waals surface area contributed by atoms with E-state index in [0.29, 0.717) is 0 Å². The first-order valence-corrected chi connectivity index (χ1v) is 6.83. The minimum Gasteiger partial charge on any atom is -0.282 e. The highest BCUT2D eigenvalue weighted by atomic mass is 32.2. The van der Waals surface area contributed by atoms with E-state index in [0.717, 1.165) is 5.56 Å². The summed E-state index contributed by atoms with van der Waals surface area (Å²) >= 11 is 0. The van der Waals surface area contributed by atoms with Gasteiger partial charge in [-0.05, 0) is 25.1 Å². The molecule has 1 N–H and O–H groups in total. The standard InChI is InChI=1S/C7H8O3S.C5H4N2O2/c1-6-2-4-7(5-3-6)11(8,9)10;8-7(9)5-2-1-3-6-4-5/h2-5H,1H3,(H,8,9,10);1-4H. The van der Waals surface area contributed by atoms with E-state index < -0.39 is 15.0 Å². The van der Waals surface area contributed by atoms with Crippen molar-refractivity contribution in [1.29, 1.82) is 0 Å². The molecule has 2 aromatic rings. The molecule has 0 fully saturated rings. The average Bonchev–Trinajstić information content (AvgIpc) is 2.40. The third kappa shape index (κ3) is 5.12. The van der Waals surface area contributed by atoms with Crippen molar-refractivity contribution in [2.45, 2.75) is 11.8 Å². The zero-order chi connectivity index (χ0) is 15.2. The number of nitrogens with zero attached hydrogens (tertiary/aromatic N) is 2. The highest BCUT2D eigenvalue weighted by Gasteiger charge is 2.06. The fourth-order valence-corrected chi connectivity index (χ4v) is 1.65. The summed E-state index contributed by atoms with van der Waals surface area (Å²) in [6.07, 6.45) is 2.70. The second-order valence-electron chi connectivity index (χ2n) is 3.76. The van der Waals surface area contributed by atoms with E-state index in [1.165, 1.54) is 36.7 Å². The topological polar surface area (TPSA) is 110 Å². The van der Waals surface area contributed by atoms with Gasteiger partial charge in [-0.25, -0.2) is 0 Å². The quantitative estimate of drug-likeness (QED) is 0.517. The van der Waals surface area contributed by atoms with E-state index in [9.17, 15) is 18.5 Å². The molecule has 0 atom stereocenters. The molecule has 0 amide bonds. The Morgan fingerprint density at radius 2 is 1.80 bits per heavy atom. The van der Waals surface area contributed by atoms with Gasteiger partial charge in [0.2, 0.25) is 0 Å². The normalized spacial score (nSPS) is 10.3. The van der Waals surface area contributed by atoms with Gasteiger partial charge in [0.15, 0.2) is 0 Å². The Morgan fingerprint density at radius 1 is 1.20 bits per heavy atom. The van der Waals surface area contributed by atoms with Crippen LogP contribution < -0.4 is 0 Å². The van der Waals surface area contributed by atoms with Crippen LogP contribution in [0.15, 0.2) is 53.7 Å². The second-order valence-corrected chi connectivity index (χ2v) is 5.18. The SMILES string of the molecule is Cc1ccc(S(=O)(=O)O)cc1.O=[N+]([O-])c1cccnc1. The summed E-state index contributed by atoms with van der Waals surface area (Å²) in [4.78, 5) is 13.0. The molecular weight excluding hydrogens is 284 g/mol. The van der Waals surface area contributed by atoms with Crippen molar-refractivity contribution in [2.75, 3.05) is 0 Å². The second kappa shape index (κ2) is 6.73. The largest absolute Gasteiger partial charge is 0.294 e. The average molecular weight is 296 g/mol. The van der Waals surface area contributed by atoms with E-state index in [4.69, 9.17) is 4.55 Å². The maximum atomic E-state index is 10.5. The molecule has 0 aliphatic carbocycles. The Balaban J connectivity index is 0.000000204. The number of aromatic nitrogens is 1. The van der Waals surface area contributed by atoms with Crippen LogP contribution in [0.2, 0.25) is 0 Å². The van der Waals surface area contributed by atoms with E-state index >= 15 is 0 Å². The number of nitro groups is 1. The maximum Gasteiger partial charge on any atom is 0.294 e. The Morgan fingerprint density at radius 3 is 2.15 bits per heavy atom. The smallest absolute Gasteiger partial charge is 0.282 e. The Kier molecular flexibility index (Phi) is 5.30. The molecule has 8 heteroatoms. The predicted molar refractivity (Wildman–Crippen MR) is 71.9 cm³/mol. The summed E-state index contributed by atoms with van der Waals surface area (Å²) in [6.45, 7) is 1.84. The van der Waals surface area contributed by atoms with Gasteiger partial charge < -0.3 is 0 Å². The Labute approximate surface area is 115 Å². The first kappa shape index (κ1) is 15.7. The van der Waals surface area contributed by atoms with Crippen molar-refractivity contribution in [1.82, 2.24) is 4.98 Å². The van der Waals surface area contributed by atoms with Crippen LogP contribution in [0.4, 0.5) is 5.69 Å². The Bertz CT molecular complexity index is 669. The lowest BCUT2D eigenvalue weighted by molar-refractivity contribution is -0.385. The minimum absolute atomic E-state index is 0.0255. The summed E-state index contributed by atoms with van der Waals surface area (Å²) in [5, 5.41) is 9.97. The van der Waals surface area contributed by atoms with Crippen molar-refractivity contribution in [3.8, 4) is 0 Å². The molecule has 1 aromatic heterocycles. The summed E-state index contributed by atoms with van der Waals surface area (Å²) < 4.78 is 29.6. The van der Waals surface area contributed by atoms with Crippen LogP contribution in [0.25, 0.3) is 0 Å². The summed E-state index contributed by atoms with van der Waals surface area (Å²) in [7, 11) is -4.02. The number of hydrogen-bond donors (Lipinski definition) is 1. The van der Waals surface area contributed by atoms with E-state index in [1.54, 1.807) is 12.1 Å². The lowest BCUT2D eigenvalue weighted by Gasteiger charge is -1.95. The first-order chi connectivity index (χ1) is 9.30. The number of aryl methyl sites for hydroxylation is 1. The van der Waals surface area contributed by atoms with E-state index in [2.05, 4.69) is 4.98 Å². The van der Waals surface area contributed by atoms with Crippen molar-refractivity contribution in [3.05, 3.63) is 64.5 Å². The molecule has 0 radical (unpaired) electrons. The number of pyridine rings is 1. The lowest BCUT2D eigenvalue weighted by atomic mass is 10.2. The zero-order valence-electron chi connectivity index (χ0n) is 10.5. The fraction of sp³-hybridized carbons (Fsp3) is 0.0833. The number of benzene rings is 1. The monoisotopic (exact) mass is 296 g/mol. The van der Waals surface area contributed by atoms with Gasteiger partial charge in [0, 0.05) is 12.3 Å². The van der Waals surface area contributed by atoms with Gasteiger partial charge in [0.1, 0.15) is 6.20 Å². The van der Waals surface area contributed by atoms with Crippen LogP contribution in [0.1, 0.15) is 5.56 Å². The van der Waals surface area contributed by atoms with Crippen molar-refractivity contribution in [3.63, 3.8) is 0 Å².